The molecule has 39 heavy (non-hydrogen) atoms. The number of nitrogens with zero attached hydrogens (tertiary/aromatic N) is 2. The van der Waals surface area contributed by atoms with Crippen LogP contribution in [-0.2, 0) is 15.9 Å². The van der Waals surface area contributed by atoms with Crippen LogP contribution in [0, 0.1) is 5.82 Å². The second-order valence-electron chi connectivity index (χ2n) is 9.95. The Morgan fingerprint density at radius 1 is 1.18 bits per heavy atom. The van der Waals surface area contributed by atoms with Crippen molar-refractivity contribution in [3.8, 4) is 5.75 Å². The van der Waals surface area contributed by atoms with E-state index in [9.17, 15) is 19.8 Å². The first-order chi connectivity index (χ1) is 18.5. The van der Waals surface area contributed by atoms with Crippen molar-refractivity contribution < 1.29 is 33.6 Å². The van der Waals surface area contributed by atoms with Gasteiger partial charge in [0.1, 0.15) is 17.1 Å². The number of aliphatic hydroxyl groups excluding tert-OH is 1. The third-order valence-electron chi connectivity index (χ3n) is 7.35. The lowest BCUT2D eigenvalue weighted by Gasteiger charge is -2.35. The predicted octanol–water partition coefficient (Wildman–Crippen LogP) is 3.89. The molecule has 2 N–H and O–H groups in total. The molecule has 0 bridgehead atoms. The molecule has 1 aliphatic rings. The fourth-order valence-electron chi connectivity index (χ4n) is 4.91. The number of morpholine rings is 1. The molecule has 9 nitrogen and oxygen atoms in total. The molecule has 1 atom stereocenters. The number of methoxy groups -OCH3 is 2. The number of fused-ring (bicyclic) bond motifs is 1. The molecule has 1 saturated heterocycles. The molecule has 0 spiro atoms. The molecule has 0 saturated carbocycles. The van der Waals surface area contributed by atoms with Crippen molar-refractivity contribution in [1.82, 2.24) is 4.57 Å². The molecular weight excluding hydrogens is 531 g/mol. The second kappa shape index (κ2) is 11.5. The largest absolute Gasteiger partial charge is 0.496 e. The summed E-state index contributed by atoms with van der Waals surface area (Å²) in [6.07, 6.45) is 1.24. The average molecular weight is 563 g/mol. The Morgan fingerprint density at radius 3 is 2.46 bits per heavy atom. The van der Waals surface area contributed by atoms with Crippen molar-refractivity contribution in [2.75, 3.05) is 52.0 Å². The van der Waals surface area contributed by atoms with Gasteiger partial charge >= 0.3 is 5.97 Å². The minimum absolute atomic E-state index is 0.0307. The Kier molecular flexibility index (Phi) is 8.51. The van der Waals surface area contributed by atoms with Crippen molar-refractivity contribution in [1.29, 1.82) is 0 Å². The lowest BCUT2D eigenvalue weighted by Crippen LogP contribution is -2.39. The maximum absolute atomic E-state index is 15.2. The van der Waals surface area contributed by atoms with Gasteiger partial charge in [-0.3, -0.25) is 4.79 Å². The zero-order chi connectivity index (χ0) is 28.5. The summed E-state index contributed by atoms with van der Waals surface area (Å²) in [6.45, 7) is 5.49. The SMILES string of the molecule is COc1cc2c(cc1Cc1cc(N3CCOCC3)cc(Cl)c1F)c(=O)c(C(=O)O)cn2C(CO)C(C)(C)OC. The summed E-state index contributed by atoms with van der Waals surface area (Å²) in [7, 11) is 2.93. The van der Waals surface area contributed by atoms with Crippen LogP contribution in [0.15, 0.2) is 35.3 Å². The van der Waals surface area contributed by atoms with Crippen LogP contribution in [0.1, 0.15) is 41.4 Å². The van der Waals surface area contributed by atoms with Gasteiger partial charge < -0.3 is 33.9 Å². The molecule has 2 aromatic carbocycles. The molecule has 3 aromatic rings. The molecule has 2 heterocycles. The number of carboxylic acids is 1. The Morgan fingerprint density at radius 2 is 1.87 bits per heavy atom. The van der Waals surface area contributed by atoms with E-state index in [2.05, 4.69) is 4.90 Å². The number of hydrogen-bond donors (Lipinski definition) is 2. The number of anilines is 1. The van der Waals surface area contributed by atoms with Crippen LogP contribution in [0.25, 0.3) is 10.9 Å². The third kappa shape index (κ3) is 5.60. The molecule has 0 amide bonds. The Bertz CT molecular complexity index is 1450. The highest BCUT2D eigenvalue weighted by Gasteiger charge is 2.32. The van der Waals surface area contributed by atoms with Crippen molar-refractivity contribution in [2.45, 2.75) is 31.9 Å². The number of hydrogen-bond acceptors (Lipinski definition) is 7. The zero-order valence-electron chi connectivity index (χ0n) is 22.3. The van der Waals surface area contributed by atoms with E-state index < -0.39 is 34.4 Å². The highest BCUT2D eigenvalue weighted by Crippen LogP contribution is 2.34. The number of halogens is 2. The summed E-state index contributed by atoms with van der Waals surface area (Å²) in [6, 6.07) is 5.67. The van der Waals surface area contributed by atoms with E-state index in [0.717, 1.165) is 5.69 Å². The molecule has 0 aliphatic carbocycles. The fourth-order valence-corrected chi connectivity index (χ4v) is 5.14. The van der Waals surface area contributed by atoms with Crippen molar-refractivity contribution >= 4 is 34.2 Å². The summed E-state index contributed by atoms with van der Waals surface area (Å²) < 4.78 is 33.3. The van der Waals surface area contributed by atoms with Gasteiger partial charge in [-0.05, 0) is 43.2 Å². The Labute approximate surface area is 230 Å². The normalized spacial score (nSPS) is 15.0. The van der Waals surface area contributed by atoms with Crippen LogP contribution in [-0.4, -0.2) is 73.5 Å². The molecular formula is C28H32ClFN2O7. The van der Waals surface area contributed by atoms with Crippen LogP contribution >= 0.6 is 11.6 Å². The Hall–Kier alpha value is -3.18. The molecule has 210 valence electrons. The number of carbonyl (C=O) groups is 1. The number of ether oxygens (including phenoxy) is 3. The number of rotatable bonds is 9. The van der Waals surface area contributed by atoms with Crippen LogP contribution in [0.4, 0.5) is 10.1 Å². The van der Waals surface area contributed by atoms with Gasteiger partial charge in [-0.25, -0.2) is 9.18 Å². The highest BCUT2D eigenvalue weighted by atomic mass is 35.5. The van der Waals surface area contributed by atoms with Gasteiger partial charge in [0, 0.05) is 50.0 Å². The molecule has 11 heteroatoms. The van der Waals surface area contributed by atoms with Gasteiger partial charge in [0.25, 0.3) is 0 Å². The van der Waals surface area contributed by atoms with Crippen LogP contribution < -0.4 is 15.1 Å². The van der Waals surface area contributed by atoms with Crippen molar-refractivity contribution in [2.24, 2.45) is 0 Å². The minimum atomic E-state index is -1.41. The van der Waals surface area contributed by atoms with Crippen LogP contribution in [0.5, 0.6) is 5.75 Å². The van der Waals surface area contributed by atoms with Crippen LogP contribution in [0.3, 0.4) is 0 Å². The maximum Gasteiger partial charge on any atom is 0.341 e. The minimum Gasteiger partial charge on any atom is -0.496 e. The second-order valence-corrected chi connectivity index (χ2v) is 10.4. The summed E-state index contributed by atoms with van der Waals surface area (Å²) in [5.74, 6) is -1.64. The van der Waals surface area contributed by atoms with Crippen molar-refractivity contribution in [3.63, 3.8) is 0 Å². The number of aromatic nitrogens is 1. The number of carboxylic acid groups (broad SMARTS) is 1. The highest BCUT2D eigenvalue weighted by molar-refractivity contribution is 6.31. The quantitative estimate of drug-likeness (QED) is 0.404. The fraction of sp³-hybridized carbons (Fsp3) is 0.429. The standard InChI is InChI=1S/C28H32ClFN2O7/c1-28(2,38-4)24(15-33)32-14-20(27(35)36)26(34)19-11-16(23(37-3)13-22(19)32)9-17-10-18(12-21(29)25(17)30)31-5-7-39-8-6-31/h10-14,24,33H,5-9,15H2,1-4H3,(H,35,36). The van der Waals surface area contributed by atoms with Gasteiger partial charge in [0.2, 0.25) is 5.43 Å². The summed E-state index contributed by atoms with van der Waals surface area (Å²) in [5.41, 5.74) is -0.226. The van der Waals surface area contributed by atoms with E-state index in [0.29, 0.717) is 48.7 Å². The van der Waals surface area contributed by atoms with E-state index in [1.165, 1.54) is 31.0 Å². The van der Waals surface area contributed by atoms with E-state index >= 15 is 4.39 Å². The van der Waals surface area contributed by atoms with E-state index in [-0.39, 0.29) is 23.4 Å². The molecule has 1 aliphatic heterocycles. The summed E-state index contributed by atoms with van der Waals surface area (Å²) in [5, 5.41) is 20.1. The first-order valence-corrected chi connectivity index (χ1v) is 12.9. The van der Waals surface area contributed by atoms with Gasteiger partial charge in [-0.2, -0.15) is 0 Å². The molecule has 1 unspecified atom stereocenters. The molecule has 1 fully saturated rings. The molecule has 4 rings (SSSR count). The lowest BCUT2D eigenvalue weighted by molar-refractivity contribution is -0.0383. The van der Waals surface area contributed by atoms with Crippen molar-refractivity contribution in [3.05, 3.63) is 68.2 Å². The topological polar surface area (TPSA) is 110 Å². The number of aromatic carboxylic acids is 1. The predicted molar refractivity (Wildman–Crippen MR) is 146 cm³/mol. The van der Waals surface area contributed by atoms with Gasteiger partial charge in [-0.1, -0.05) is 11.6 Å². The van der Waals surface area contributed by atoms with E-state index in [1.54, 1.807) is 32.0 Å². The smallest absolute Gasteiger partial charge is 0.341 e. The van der Waals surface area contributed by atoms with Gasteiger partial charge in [0.05, 0.1) is 49.1 Å². The maximum atomic E-state index is 15.2. The third-order valence-corrected chi connectivity index (χ3v) is 7.62. The first kappa shape index (κ1) is 28.8. The Balaban J connectivity index is 1.91. The first-order valence-electron chi connectivity index (χ1n) is 12.5. The van der Waals surface area contributed by atoms with Gasteiger partial charge in [-0.15, -0.1) is 0 Å². The molecule has 0 radical (unpaired) electrons. The van der Waals surface area contributed by atoms with Crippen LogP contribution in [0.2, 0.25) is 5.02 Å². The molecule has 1 aromatic heterocycles. The van der Waals surface area contributed by atoms with E-state index in [1.807, 2.05) is 0 Å². The number of pyridine rings is 1. The number of aliphatic hydroxyl groups is 1. The lowest BCUT2D eigenvalue weighted by atomic mass is 9.96. The monoisotopic (exact) mass is 562 g/mol. The van der Waals surface area contributed by atoms with E-state index in [4.69, 9.17) is 25.8 Å². The summed E-state index contributed by atoms with van der Waals surface area (Å²) in [4.78, 5) is 27.4. The summed E-state index contributed by atoms with van der Waals surface area (Å²) >= 11 is 6.26. The number of benzene rings is 2. The average Bonchev–Trinajstić information content (AvgIpc) is 2.92. The zero-order valence-corrected chi connectivity index (χ0v) is 23.0. The van der Waals surface area contributed by atoms with Gasteiger partial charge in [0.15, 0.2) is 0 Å².